The van der Waals surface area contributed by atoms with E-state index in [0.29, 0.717) is 11.9 Å². The van der Waals surface area contributed by atoms with Crippen LogP contribution in [0.2, 0.25) is 0 Å². The minimum atomic E-state index is -0.711. The monoisotopic (exact) mass is 335 g/mol. The maximum Gasteiger partial charge on any atom is 0.260 e. The van der Waals surface area contributed by atoms with Gasteiger partial charge in [0, 0.05) is 30.1 Å². The second kappa shape index (κ2) is 6.10. The summed E-state index contributed by atoms with van der Waals surface area (Å²) < 4.78 is 1.82. The first-order valence-corrected chi connectivity index (χ1v) is 8.52. The van der Waals surface area contributed by atoms with E-state index >= 15 is 0 Å². The van der Waals surface area contributed by atoms with Crippen molar-refractivity contribution in [3.8, 4) is 11.3 Å². The highest BCUT2D eigenvalue weighted by Gasteiger charge is 2.32. The lowest BCUT2D eigenvalue weighted by Crippen LogP contribution is -2.25. The van der Waals surface area contributed by atoms with Gasteiger partial charge in [0.25, 0.3) is 5.56 Å². The normalized spacial score (nSPS) is 15.6. The molecule has 1 aromatic carbocycles. The Kier molecular flexibility index (Phi) is 3.90. The molecule has 0 fully saturated rings. The molecule has 2 heterocycles. The van der Waals surface area contributed by atoms with Gasteiger partial charge >= 0.3 is 0 Å². The fraction of sp³-hybridized carbons (Fsp3) is 0.300. The van der Waals surface area contributed by atoms with E-state index in [1.807, 2.05) is 49.0 Å². The summed E-state index contributed by atoms with van der Waals surface area (Å²) in [6.07, 6.45) is 3.44. The summed E-state index contributed by atoms with van der Waals surface area (Å²) in [7, 11) is 4.05. The average molecular weight is 335 g/mol. The van der Waals surface area contributed by atoms with Crippen LogP contribution < -0.4 is 5.56 Å². The molecule has 1 aliphatic rings. The molecule has 5 nitrogen and oxygen atoms in total. The Hall–Kier alpha value is -2.50. The molecule has 1 unspecified atom stereocenters. The van der Waals surface area contributed by atoms with E-state index in [9.17, 15) is 9.90 Å². The second-order valence-electron chi connectivity index (χ2n) is 6.79. The van der Waals surface area contributed by atoms with Crippen LogP contribution in [0.4, 0.5) is 0 Å². The van der Waals surface area contributed by atoms with Crippen molar-refractivity contribution in [2.24, 2.45) is 0 Å². The first-order valence-electron chi connectivity index (χ1n) is 8.52. The van der Waals surface area contributed by atoms with Gasteiger partial charge in [-0.15, -0.1) is 0 Å². The van der Waals surface area contributed by atoms with Crippen LogP contribution in [0, 0.1) is 0 Å². The van der Waals surface area contributed by atoms with Crippen LogP contribution in [0.1, 0.15) is 23.7 Å². The molecule has 0 aliphatic heterocycles. The third kappa shape index (κ3) is 2.47. The third-order valence-corrected chi connectivity index (χ3v) is 4.88. The van der Waals surface area contributed by atoms with Crippen molar-refractivity contribution < 1.29 is 5.11 Å². The lowest BCUT2D eigenvalue weighted by Gasteiger charge is -2.17. The lowest BCUT2D eigenvalue weighted by atomic mass is 10.0. The van der Waals surface area contributed by atoms with Gasteiger partial charge in [-0.3, -0.25) is 9.78 Å². The standard InChI is InChI=1S/C20H21N3O2/c1-22(2)10-5-11-23-18-14-6-3-4-7-15(14)19(24)17(18)13-8-9-21-12-16(13)20(23)25/h3-4,6-9,12,19,24H,5,10-11H2,1-2H3. The second-order valence-corrected chi connectivity index (χ2v) is 6.79. The third-order valence-electron chi connectivity index (χ3n) is 4.88. The van der Waals surface area contributed by atoms with E-state index in [1.54, 1.807) is 12.4 Å². The summed E-state index contributed by atoms with van der Waals surface area (Å²) in [5.74, 6) is 0. The van der Waals surface area contributed by atoms with Gasteiger partial charge in [-0.2, -0.15) is 0 Å². The van der Waals surface area contributed by atoms with Gasteiger partial charge in [0.15, 0.2) is 0 Å². The molecule has 0 amide bonds. The minimum absolute atomic E-state index is 0.0375. The molecule has 3 aromatic rings. The minimum Gasteiger partial charge on any atom is -0.384 e. The number of fused-ring (bicyclic) bond motifs is 5. The van der Waals surface area contributed by atoms with E-state index in [2.05, 4.69) is 9.88 Å². The summed E-state index contributed by atoms with van der Waals surface area (Å²) in [5.41, 5.74) is 3.45. The quantitative estimate of drug-likeness (QED) is 0.795. The summed E-state index contributed by atoms with van der Waals surface area (Å²) in [6, 6.07) is 9.62. The van der Waals surface area contributed by atoms with Crippen molar-refractivity contribution in [1.29, 1.82) is 0 Å². The summed E-state index contributed by atoms with van der Waals surface area (Å²) in [4.78, 5) is 19.3. The Morgan fingerprint density at radius 2 is 2.00 bits per heavy atom. The first kappa shape index (κ1) is 16.0. The smallest absolute Gasteiger partial charge is 0.260 e. The molecule has 0 spiro atoms. The maximum absolute atomic E-state index is 13.1. The van der Waals surface area contributed by atoms with E-state index in [4.69, 9.17) is 0 Å². The van der Waals surface area contributed by atoms with Crippen molar-refractivity contribution in [1.82, 2.24) is 14.5 Å². The number of rotatable bonds is 4. The Balaban J connectivity index is 1.99. The fourth-order valence-corrected chi connectivity index (χ4v) is 3.75. The van der Waals surface area contributed by atoms with Gasteiger partial charge in [-0.1, -0.05) is 24.3 Å². The van der Waals surface area contributed by atoms with Crippen molar-refractivity contribution in [3.63, 3.8) is 0 Å². The number of nitrogens with zero attached hydrogens (tertiary/aromatic N) is 3. The summed E-state index contributed by atoms with van der Waals surface area (Å²) in [6.45, 7) is 1.52. The Morgan fingerprint density at radius 3 is 2.80 bits per heavy atom. The SMILES string of the molecule is CN(C)CCCn1c2c(c3ccncc3c1=O)C(O)c1ccccc1-2. The number of hydrogen-bond donors (Lipinski definition) is 1. The van der Waals surface area contributed by atoms with Crippen LogP contribution >= 0.6 is 0 Å². The molecule has 4 rings (SSSR count). The number of aromatic nitrogens is 2. The van der Waals surface area contributed by atoms with E-state index < -0.39 is 6.10 Å². The van der Waals surface area contributed by atoms with Gasteiger partial charge in [0.05, 0.1) is 11.1 Å². The number of hydrogen-bond acceptors (Lipinski definition) is 4. The van der Waals surface area contributed by atoms with Crippen molar-refractivity contribution in [2.75, 3.05) is 20.6 Å². The maximum atomic E-state index is 13.1. The molecule has 0 saturated carbocycles. The Morgan fingerprint density at radius 1 is 1.20 bits per heavy atom. The van der Waals surface area contributed by atoms with Crippen LogP contribution in [0.5, 0.6) is 0 Å². The zero-order valence-electron chi connectivity index (χ0n) is 14.4. The number of aliphatic hydroxyl groups excluding tert-OH is 1. The zero-order chi connectivity index (χ0) is 17.6. The Labute approximate surface area is 146 Å². The molecule has 0 bridgehead atoms. The van der Waals surface area contributed by atoms with Crippen molar-refractivity contribution in [3.05, 3.63) is 64.2 Å². The first-order chi connectivity index (χ1) is 12.1. The molecule has 0 saturated heterocycles. The molecule has 5 heteroatoms. The predicted molar refractivity (Wildman–Crippen MR) is 98.7 cm³/mol. The topological polar surface area (TPSA) is 58.4 Å². The van der Waals surface area contributed by atoms with Gasteiger partial charge in [-0.05, 0) is 44.1 Å². The van der Waals surface area contributed by atoms with E-state index in [1.165, 1.54) is 0 Å². The Bertz CT molecular complexity index is 1010. The van der Waals surface area contributed by atoms with Gasteiger partial charge in [0.2, 0.25) is 0 Å². The van der Waals surface area contributed by atoms with E-state index in [0.717, 1.165) is 40.7 Å². The molecule has 1 N–H and O–H groups in total. The van der Waals surface area contributed by atoms with Crippen LogP contribution in [-0.2, 0) is 6.54 Å². The molecular formula is C20H21N3O2. The van der Waals surface area contributed by atoms with Gasteiger partial charge in [0.1, 0.15) is 6.10 Å². The highest BCUT2D eigenvalue weighted by Crippen LogP contribution is 2.45. The molecule has 1 aliphatic carbocycles. The highest BCUT2D eigenvalue weighted by atomic mass is 16.3. The molecule has 0 radical (unpaired) electrons. The van der Waals surface area contributed by atoms with Crippen molar-refractivity contribution >= 4 is 10.8 Å². The molecular weight excluding hydrogens is 314 g/mol. The van der Waals surface area contributed by atoms with Crippen molar-refractivity contribution in [2.45, 2.75) is 19.1 Å². The highest BCUT2D eigenvalue weighted by molar-refractivity contribution is 5.93. The molecule has 25 heavy (non-hydrogen) atoms. The van der Waals surface area contributed by atoms with Crippen LogP contribution in [0.25, 0.3) is 22.0 Å². The molecule has 128 valence electrons. The van der Waals surface area contributed by atoms with Crippen LogP contribution in [0.3, 0.4) is 0 Å². The van der Waals surface area contributed by atoms with Gasteiger partial charge < -0.3 is 14.6 Å². The summed E-state index contributed by atoms with van der Waals surface area (Å²) in [5, 5.41) is 12.3. The van der Waals surface area contributed by atoms with Crippen LogP contribution in [-0.4, -0.2) is 40.2 Å². The van der Waals surface area contributed by atoms with E-state index in [-0.39, 0.29) is 5.56 Å². The lowest BCUT2D eigenvalue weighted by molar-refractivity contribution is 0.226. The zero-order valence-corrected chi connectivity index (χ0v) is 14.4. The molecule has 2 aromatic heterocycles. The predicted octanol–water partition coefficient (Wildman–Crippen LogP) is 2.41. The largest absolute Gasteiger partial charge is 0.384 e. The number of pyridine rings is 2. The number of aliphatic hydroxyl groups is 1. The van der Waals surface area contributed by atoms with Gasteiger partial charge in [-0.25, -0.2) is 0 Å². The van der Waals surface area contributed by atoms with Crippen LogP contribution in [0.15, 0.2) is 47.5 Å². The molecule has 1 atom stereocenters. The fourth-order valence-electron chi connectivity index (χ4n) is 3.75. The summed E-state index contributed by atoms with van der Waals surface area (Å²) >= 11 is 0. The number of benzene rings is 1. The average Bonchev–Trinajstić information content (AvgIpc) is 2.91.